The Morgan fingerprint density at radius 1 is 1.64 bits per heavy atom. The molecule has 1 atom stereocenters. The van der Waals surface area contributed by atoms with Crippen LogP contribution >= 0.6 is 0 Å². The molecule has 4 nitrogen and oxygen atoms in total. The van der Waals surface area contributed by atoms with Crippen molar-refractivity contribution < 1.29 is 4.74 Å². The van der Waals surface area contributed by atoms with Crippen LogP contribution in [-0.4, -0.2) is 44.4 Å². The Morgan fingerprint density at radius 3 is 2.93 bits per heavy atom. The molecule has 82 valence electrons. The first-order chi connectivity index (χ1) is 6.56. The van der Waals surface area contributed by atoms with Crippen LogP contribution in [0.4, 0.5) is 0 Å². The highest BCUT2D eigenvalue weighted by molar-refractivity contribution is 5.06. The van der Waals surface area contributed by atoms with Crippen molar-refractivity contribution in [1.29, 1.82) is 0 Å². The molecule has 0 amide bonds. The van der Waals surface area contributed by atoms with Crippen molar-refractivity contribution in [3.05, 3.63) is 11.8 Å². The second-order valence-electron chi connectivity index (χ2n) is 4.16. The number of nitrogens with zero attached hydrogens (tertiary/aromatic N) is 1. The Balaban J connectivity index is 2.36. The third-order valence-corrected chi connectivity index (χ3v) is 2.19. The zero-order valence-electron chi connectivity index (χ0n) is 9.34. The van der Waals surface area contributed by atoms with E-state index in [2.05, 4.69) is 23.2 Å². The molecule has 14 heavy (non-hydrogen) atoms. The van der Waals surface area contributed by atoms with E-state index in [0.717, 1.165) is 25.3 Å². The summed E-state index contributed by atoms with van der Waals surface area (Å²) in [5, 5.41) is 3.29. The lowest BCUT2D eigenvalue weighted by molar-refractivity contribution is 0.00654. The van der Waals surface area contributed by atoms with Crippen LogP contribution in [0, 0.1) is 0 Å². The number of likely N-dealkylation sites (N-methyl/N-ethyl adjacent to an activating group) is 1. The van der Waals surface area contributed by atoms with Gasteiger partial charge < -0.3 is 15.4 Å². The number of hydrogen-bond donors (Lipinski definition) is 2. The van der Waals surface area contributed by atoms with Crippen LogP contribution < -0.4 is 11.1 Å². The van der Waals surface area contributed by atoms with Crippen LogP contribution in [0.5, 0.6) is 0 Å². The molecular formula is C10H21N3O. The van der Waals surface area contributed by atoms with Gasteiger partial charge in [-0.05, 0) is 27.1 Å². The van der Waals surface area contributed by atoms with Gasteiger partial charge in [0.2, 0.25) is 0 Å². The third kappa shape index (κ3) is 3.29. The summed E-state index contributed by atoms with van der Waals surface area (Å²) in [6.45, 7) is 4.35. The Kier molecular flexibility index (Phi) is 3.92. The second-order valence-corrected chi connectivity index (χ2v) is 4.16. The van der Waals surface area contributed by atoms with Gasteiger partial charge in [0.05, 0.1) is 6.54 Å². The fourth-order valence-corrected chi connectivity index (χ4v) is 1.53. The van der Waals surface area contributed by atoms with E-state index in [0.29, 0.717) is 6.54 Å². The van der Waals surface area contributed by atoms with E-state index in [9.17, 15) is 0 Å². The predicted octanol–water partition coefficient (Wildman–Crippen LogP) is 0.117. The molecule has 0 aromatic carbocycles. The van der Waals surface area contributed by atoms with Gasteiger partial charge in [-0.3, -0.25) is 5.32 Å². The van der Waals surface area contributed by atoms with Gasteiger partial charge in [0.25, 0.3) is 0 Å². The van der Waals surface area contributed by atoms with Crippen LogP contribution in [0.2, 0.25) is 0 Å². The average Bonchev–Trinajstić information content (AvgIpc) is 2.44. The van der Waals surface area contributed by atoms with Gasteiger partial charge >= 0.3 is 0 Å². The maximum Gasteiger partial charge on any atom is 0.161 e. The van der Waals surface area contributed by atoms with Crippen molar-refractivity contribution in [1.82, 2.24) is 10.2 Å². The fourth-order valence-electron chi connectivity index (χ4n) is 1.53. The lowest BCUT2D eigenvalue weighted by atomic mass is 10.2. The van der Waals surface area contributed by atoms with Crippen molar-refractivity contribution in [2.24, 2.45) is 5.73 Å². The Morgan fingerprint density at radius 2 is 2.36 bits per heavy atom. The molecule has 4 heteroatoms. The standard InChI is InChI=1S/C10H21N3O/c1-10(12-7-6-11)5-4-9(14-10)8-13(2)3/h4,12H,5-8,11H2,1-3H3. The van der Waals surface area contributed by atoms with E-state index in [1.54, 1.807) is 0 Å². The van der Waals surface area contributed by atoms with Crippen LogP contribution in [0.25, 0.3) is 0 Å². The third-order valence-electron chi connectivity index (χ3n) is 2.19. The minimum atomic E-state index is -0.245. The highest BCUT2D eigenvalue weighted by atomic mass is 16.5. The summed E-state index contributed by atoms with van der Waals surface area (Å²) in [7, 11) is 4.07. The van der Waals surface area contributed by atoms with Gasteiger partial charge in [0, 0.05) is 19.5 Å². The first-order valence-electron chi connectivity index (χ1n) is 5.03. The molecule has 1 aliphatic heterocycles. The quantitative estimate of drug-likeness (QED) is 0.660. The van der Waals surface area contributed by atoms with Gasteiger partial charge in [-0.15, -0.1) is 0 Å². The summed E-state index contributed by atoms with van der Waals surface area (Å²) in [5.41, 5.74) is 5.19. The molecule has 0 saturated heterocycles. The van der Waals surface area contributed by atoms with Crippen molar-refractivity contribution >= 4 is 0 Å². The topological polar surface area (TPSA) is 50.5 Å². The fraction of sp³-hybridized carbons (Fsp3) is 0.800. The molecule has 0 aromatic heterocycles. The summed E-state index contributed by atoms with van der Waals surface area (Å²) in [6.07, 6.45) is 3.06. The Labute approximate surface area is 86.1 Å². The molecule has 0 aliphatic carbocycles. The van der Waals surface area contributed by atoms with Crippen molar-refractivity contribution in [2.45, 2.75) is 19.1 Å². The maximum absolute atomic E-state index is 5.81. The summed E-state index contributed by atoms with van der Waals surface area (Å²) in [6, 6.07) is 0. The summed E-state index contributed by atoms with van der Waals surface area (Å²) < 4.78 is 5.81. The molecule has 1 rings (SSSR count). The maximum atomic E-state index is 5.81. The SMILES string of the molecule is CN(C)CC1=CCC(C)(NCCN)O1. The predicted molar refractivity (Wildman–Crippen MR) is 57.8 cm³/mol. The Bertz CT molecular complexity index is 215. The monoisotopic (exact) mass is 199 g/mol. The zero-order chi connectivity index (χ0) is 10.6. The highest BCUT2D eigenvalue weighted by Crippen LogP contribution is 2.25. The molecule has 0 spiro atoms. The van der Waals surface area contributed by atoms with Crippen LogP contribution in [0.3, 0.4) is 0 Å². The molecule has 0 saturated carbocycles. The van der Waals surface area contributed by atoms with E-state index < -0.39 is 0 Å². The first-order valence-corrected chi connectivity index (χ1v) is 5.03. The first kappa shape index (κ1) is 11.5. The number of ether oxygens (including phenoxy) is 1. The van der Waals surface area contributed by atoms with Gasteiger partial charge in [-0.2, -0.15) is 0 Å². The minimum Gasteiger partial charge on any atom is -0.476 e. The molecule has 1 aliphatic rings. The lowest BCUT2D eigenvalue weighted by Gasteiger charge is -2.27. The van der Waals surface area contributed by atoms with Crippen molar-refractivity contribution in [3.63, 3.8) is 0 Å². The normalized spacial score (nSPS) is 26.5. The second kappa shape index (κ2) is 4.77. The highest BCUT2D eigenvalue weighted by Gasteiger charge is 2.30. The zero-order valence-corrected chi connectivity index (χ0v) is 9.34. The molecule has 0 aromatic rings. The molecule has 1 heterocycles. The summed E-state index contributed by atoms with van der Waals surface area (Å²) in [5.74, 6) is 1.04. The van der Waals surface area contributed by atoms with Gasteiger partial charge in [0.15, 0.2) is 5.72 Å². The molecule has 0 radical (unpaired) electrons. The van der Waals surface area contributed by atoms with E-state index in [1.165, 1.54) is 0 Å². The average molecular weight is 199 g/mol. The summed E-state index contributed by atoms with van der Waals surface area (Å²) >= 11 is 0. The summed E-state index contributed by atoms with van der Waals surface area (Å²) in [4.78, 5) is 2.10. The number of nitrogens with two attached hydrogens (primary N) is 1. The van der Waals surface area contributed by atoms with Gasteiger partial charge in [-0.25, -0.2) is 0 Å². The largest absolute Gasteiger partial charge is 0.476 e. The lowest BCUT2D eigenvalue weighted by Crippen LogP contribution is -2.44. The molecule has 0 bridgehead atoms. The van der Waals surface area contributed by atoms with Gasteiger partial charge in [0.1, 0.15) is 5.76 Å². The van der Waals surface area contributed by atoms with E-state index in [1.807, 2.05) is 14.1 Å². The smallest absolute Gasteiger partial charge is 0.161 e. The van der Waals surface area contributed by atoms with E-state index >= 15 is 0 Å². The van der Waals surface area contributed by atoms with Gasteiger partial charge in [-0.1, -0.05) is 0 Å². The van der Waals surface area contributed by atoms with E-state index in [-0.39, 0.29) is 5.72 Å². The van der Waals surface area contributed by atoms with Crippen LogP contribution in [0.15, 0.2) is 11.8 Å². The van der Waals surface area contributed by atoms with Crippen molar-refractivity contribution in [3.8, 4) is 0 Å². The minimum absolute atomic E-state index is 0.245. The molecule has 1 unspecified atom stereocenters. The molecule has 3 N–H and O–H groups in total. The van der Waals surface area contributed by atoms with Crippen LogP contribution in [0.1, 0.15) is 13.3 Å². The van der Waals surface area contributed by atoms with E-state index in [4.69, 9.17) is 10.5 Å². The van der Waals surface area contributed by atoms with Crippen molar-refractivity contribution in [2.75, 3.05) is 33.7 Å². The molecular weight excluding hydrogens is 178 g/mol. The Hall–Kier alpha value is -0.580. The number of rotatable bonds is 5. The van der Waals surface area contributed by atoms with Crippen LogP contribution in [-0.2, 0) is 4.74 Å². The number of hydrogen-bond acceptors (Lipinski definition) is 4. The number of nitrogens with one attached hydrogen (secondary N) is 1. The molecule has 0 fully saturated rings.